The number of carbonyl (C=O) groups excluding carboxylic acids is 1. The maximum absolute atomic E-state index is 13.2. The topological polar surface area (TPSA) is 64.7 Å². The quantitative estimate of drug-likeness (QED) is 0.549. The van der Waals surface area contributed by atoms with Gasteiger partial charge < -0.3 is 9.88 Å². The van der Waals surface area contributed by atoms with Crippen LogP contribution in [0, 0.1) is 12.7 Å². The molecule has 6 nitrogen and oxygen atoms in total. The van der Waals surface area contributed by atoms with Gasteiger partial charge in [0.05, 0.1) is 6.54 Å². The monoisotopic (exact) mass is 389 g/mol. The van der Waals surface area contributed by atoms with E-state index in [4.69, 9.17) is 0 Å². The van der Waals surface area contributed by atoms with Crippen LogP contribution in [0.15, 0.2) is 73.1 Å². The number of nitrogens with zero attached hydrogens (tertiary/aromatic N) is 4. The zero-order valence-electron chi connectivity index (χ0n) is 15.9. The van der Waals surface area contributed by atoms with E-state index in [0.717, 1.165) is 11.1 Å². The third-order valence-corrected chi connectivity index (χ3v) is 4.59. The third-order valence-electron chi connectivity index (χ3n) is 4.59. The number of hydrogen-bond donors (Lipinski definition) is 1. The summed E-state index contributed by atoms with van der Waals surface area (Å²) < 4.78 is 16.6. The van der Waals surface area contributed by atoms with Crippen molar-refractivity contribution in [1.82, 2.24) is 24.9 Å². The largest absolute Gasteiger partial charge is 0.346 e. The van der Waals surface area contributed by atoms with Crippen LogP contribution in [-0.2, 0) is 13.1 Å². The highest BCUT2D eigenvalue weighted by molar-refractivity contribution is 5.95. The Morgan fingerprint density at radius 1 is 1.00 bits per heavy atom. The molecular weight excluding hydrogens is 369 g/mol. The zero-order chi connectivity index (χ0) is 20.2. The molecule has 4 rings (SSSR count). The Morgan fingerprint density at radius 3 is 2.34 bits per heavy atom. The first-order valence-electron chi connectivity index (χ1n) is 9.25. The van der Waals surface area contributed by atoms with Gasteiger partial charge in [-0.1, -0.05) is 47.2 Å². The number of rotatable bonds is 6. The van der Waals surface area contributed by atoms with Gasteiger partial charge in [0.15, 0.2) is 11.5 Å². The van der Waals surface area contributed by atoms with Gasteiger partial charge in [-0.05, 0) is 42.3 Å². The minimum Gasteiger partial charge on any atom is -0.346 e. The molecule has 146 valence electrons. The second-order valence-electron chi connectivity index (χ2n) is 6.80. The van der Waals surface area contributed by atoms with Crippen LogP contribution in [0.1, 0.15) is 27.2 Å². The maximum Gasteiger partial charge on any atom is 0.276 e. The van der Waals surface area contributed by atoms with E-state index in [-0.39, 0.29) is 17.4 Å². The number of aryl methyl sites for hydroxylation is 1. The number of amides is 1. The average Bonchev–Trinajstić information content (AvgIpc) is 3.39. The number of nitrogens with one attached hydrogen (secondary N) is 1. The first-order chi connectivity index (χ1) is 14.1. The van der Waals surface area contributed by atoms with Gasteiger partial charge in [-0.25, -0.2) is 9.07 Å². The summed E-state index contributed by atoms with van der Waals surface area (Å²) in [6.45, 7) is 2.78. The Balaban J connectivity index is 1.59. The molecule has 1 amide bonds. The van der Waals surface area contributed by atoms with Crippen molar-refractivity contribution in [1.29, 1.82) is 0 Å². The van der Waals surface area contributed by atoms with Crippen LogP contribution < -0.4 is 5.32 Å². The van der Waals surface area contributed by atoms with Crippen molar-refractivity contribution in [3.63, 3.8) is 0 Å². The Kier molecular flexibility index (Phi) is 5.20. The number of benzene rings is 2. The molecule has 0 radical (unpaired) electrons. The summed E-state index contributed by atoms with van der Waals surface area (Å²) in [5, 5.41) is 11.2. The van der Waals surface area contributed by atoms with E-state index >= 15 is 0 Å². The van der Waals surface area contributed by atoms with Crippen LogP contribution in [0.2, 0.25) is 0 Å². The molecule has 1 N–H and O–H groups in total. The Bertz CT molecular complexity index is 1100. The second kappa shape index (κ2) is 8.10. The predicted molar refractivity (Wildman–Crippen MR) is 107 cm³/mol. The summed E-state index contributed by atoms with van der Waals surface area (Å²) in [5.41, 5.74) is 3.26. The molecule has 7 heteroatoms. The molecule has 0 bridgehead atoms. The fourth-order valence-corrected chi connectivity index (χ4v) is 3.03. The SMILES string of the molecule is Cc1ccc(CNC(=O)c2nnn(Cc3ccc(F)cc3)c2-n2cccc2)cc1. The van der Waals surface area contributed by atoms with Crippen molar-refractivity contribution >= 4 is 5.91 Å². The van der Waals surface area contributed by atoms with Gasteiger partial charge >= 0.3 is 0 Å². The highest BCUT2D eigenvalue weighted by atomic mass is 19.1. The fraction of sp³-hybridized carbons (Fsp3) is 0.136. The molecule has 0 fully saturated rings. The summed E-state index contributed by atoms with van der Waals surface area (Å²) in [6, 6.07) is 17.9. The van der Waals surface area contributed by atoms with E-state index in [0.29, 0.717) is 18.9 Å². The summed E-state index contributed by atoms with van der Waals surface area (Å²) in [4.78, 5) is 12.8. The van der Waals surface area contributed by atoms with Crippen molar-refractivity contribution < 1.29 is 9.18 Å². The van der Waals surface area contributed by atoms with Gasteiger partial charge in [-0.2, -0.15) is 0 Å². The van der Waals surface area contributed by atoms with Gasteiger partial charge in [0.25, 0.3) is 5.91 Å². The summed E-state index contributed by atoms with van der Waals surface area (Å²) >= 11 is 0. The van der Waals surface area contributed by atoms with Gasteiger partial charge in [-0.3, -0.25) is 4.79 Å². The number of carbonyl (C=O) groups is 1. The van der Waals surface area contributed by atoms with Crippen molar-refractivity contribution in [3.8, 4) is 5.82 Å². The molecule has 2 heterocycles. The van der Waals surface area contributed by atoms with Gasteiger partial charge in [0.1, 0.15) is 5.82 Å². The van der Waals surface area contributed by atoms with Crippen LogP contribution >= 0.6 is 0 Å². The Labute approximate surface area is 167 Å². The Morgan fingerprint density at radius 2 is 1.66 bits per heavy atom. The molecule has 0 unspecified atom stereocenters. The van der Waals surface area contributed by atoms with Crippen LogP contribution in [0.3, 0.4) is 0 Å². The highest BCUT2D eigenvalue weighted by Crippen LogP contribution is 2.15. The molecule has 0 saturated carbocycles. The lowest BCUT2D eigenvalue weighted by molar-refractivity contribution is 0.0946. The van der Waals surface area contributed by atoms with Crippen molar-refractivity contribution in [2.45, 2.75) is 20.0 Å². The Hall–Kier alpha value is -3.74. The lowest BCUT2D eigenvalue weighted by atomic mass is 10.1. The average molecular weight is 389 g/mol. The fourth-order valence-electron chi connectivity index (χ4n) is 3.03. The van der Waals surface area contributed by atoms with Crippen molar-refractivity contribution in [2.75, 3.05) is 0 Å². The molecule has 0 aliphatic heterocycles. The smallest absolute Gasteiger partial charge is 0.276 e. The van der Waals surface area contributed by atoms with Crippen molar-refractivity contribution in [2.24, 2.45) is 0 Å². The standard InChI is InChI=1S/C22H20FN5O/c1-16-4-6-17(7-5-16)14-24-21(29)20-22(27-12-2-3-13-27)28(26-25-20)15-18-8-10-19(23)11-9-18/h2-13H,14-15H2,1H3,(H,24,29). The number of aromatic nitrogens is 4. The minimum absolute atomic E-state index is 0.232. The minimum atomic E-state index is -0.306. The van der Waals surface area contributed by atoms with Crippen LogP contribution in [-0.4, -0.2) is 25.5 Å². The zero-order valence-corrected chi connectivity index (χ0v) is 15.9. The first kappa shape index (κ1) is 18.6. The van der Waals surface area contributed by atoms with Crippen molar-refractivity contribution in [3.05, 3.63) is 101 Å². The third kappa shape index (κ3) is 4.24. The predicted octanol–water partition coefficient (Wildman–Crippen LogP) is 3.49. The van der Waals surface area contributed by atoms with E-state index in [9.17, 15) is 9.18 Å². The highest BCUT2D eigenvalue weighted by Gasteiger charge is 2.21. The van der Waals surface area contributed by atoms with E-state index in [1.165, 1.54) is 17.7 Å². The molecule has 0 aliphatic carbocycles. The summed E-state index contributed by atoms with van der Waals surface area (Å²) in [7, 11) is 0. The molecule has 29 heavy (non-hydrogen) atoms. The molecule has 0 aliphatic rings. The molecule has 0 atom stereocenters. The summed E-state index contributed by atoms with van der Waals surface area (Å²) in [5.74, 6) is -0.0468. The maximum atomic E-state index is 13.2. The van der Waals surface area contributed by atoms with Crippen LogP contribution in [0.4, 0.5) is 4.39 Å². The molecular formula is C22H20FN5O. The van der Waals surface area contributed by atoms with Gasteiger partial charge in [0, 0.05) is 18.9 Å². The number of halogens is 1. The van der Waals surface area contributed by atoms with Crippen LogP contribution in [0.25, 0.3) is 5.82 Å². The molecule has 0 saturated heterocycles. The first-order valence-corrected chi connectivity index (χ1v) is 9.25. The summed E-state index contributed by atoms with van der Waals surface area (Å²) in [6.07, 6.45) is 3.66. The molecule has 2 aromatic carbocycles. The van der Waals surface area contributed by atoms with E-state index < -0.39 is 0 Å². The van der Waals surface area contributed by atoms with E-state index in [2.05, 4.69) is 15.6 Å². The van der Waals surface area contributed by atoms with Gasteiger partial charge in [0.2, 0.25) is 0 Å². The second-order valence-corrected chi connectivity index (χ2v) is 6.80. The van der Waals surface area contributed by atoms with E-state index in [1.807, 2.05) is 55.7 Å². The normalized spacial score (nSPS) is 10.8. The van der Waals surface area contributed by atoms with Gasteiger partial charge in [-0.15, -0.1) is 5.10 Å². The molecule has 4 aromatic rings. The van der Waals surface area contributed by atoms with Crippen LogP contribution in [0.5, 0.6) is 0 Å². The number of hydrogen-bond acceptors (Lipinski definition) is 3. The van der Waals surface area contributed by atoms with E-state index in [1.54, 1.807) is 21.4 Å². The molecule has 0 spiro atoms. The lowest BCUT2D eigenvalue weighted by Crippen LogP contribution is -2.25. The lowest BCUT2D eigenvalue weighted by Gasteiger charge is -2.10. The molecule has 2 aromatic heterocycles.